The van der Waals surface area contributed by atoms with Crippen LogP contribution in [-0.4, -0.2) is 87.5 Å². The topological polar surface area (TPSA) is 149 Å². The number of rotatable bonds is 38. The van der Waals surface area contributed by atoms with Crippen LogP contribution in [0.1, 0.15) is 181 Å². The number of unbranched alkanes of at least 4 members (excludes halogenated alkanes) is 18. The van der Waals surface area contributed by atoms with Gasteiger partial charge in [-0.3, -0.25) is 4.79 Å². The SMILES string of the molecule is CCCCC/C=C/CC/C=C/CC/C=C/C(O)C(COC1OC(CO)C(O)C(O)C1O)NC(=O)CCCCCCCCCC/C=C\C/C=C\C/C=C\CCCCCCC. The maximum absolute atomic E-state index is 13.0. The van der Waals surface area contributed by atoms with E-state index in [9.17, 15) is 30.3 Å². The minimum Gasteiger partial charge on any atom is -0.394 e. The van der Waals surface area contributed by atoms with E-state index in [1.807, 2.05) is 6.08 Å². The first-order valence-corrected chi connectivity index (χ1v) is 23.7. The zero-order valence-corrected chi connectivity index (χ0v) is 37.2. The fourth-order valence-electron chi connectivity index (χ4n) is 6.90. The van der Waals surface area contributed by atoms with E-state index in [0.29, 0.717) is 6.42 Å². The molecule has 0 saturated carbocycles. The number of carbonyl (C=O) groups excluding carboxylic acids is 1. The van der Waals surface area contributed by atoms with Crippen molar-refractivity contribution in [1.29, 1.82) is 0 Å². The van der Waals surface area contributed by atoms with E-state index in [-0.39, 0.29) is 12.5 Å². The Kier molecular flexibility index (Phi) is 36.8. The molecule has 59 heavy (non-hydrogen) atoms. The van der Waals surface area contributed by atoms with Crippen LogP contribution in [-0.2, 0) is 14.3 Å². The van der Waals surface area contributed by atoms with E-state index < -0.39 is 49.5 Å². The number of aliphatic hydroxyl groups excluding tert-OH is 5. The Balaban J connectivity index is 2.34. The van der Waals surface area contributed by atoms with Gasteiger partial charge in [-0.2, -0.15) is 0 Å². The zero-order chi connectivity index (χ0) is 43.0. The van der Waals surface area contributed by atoms with Gasteiger partial charge in [-0.15, -0.1) is 0 Å². The van der Waals surface area contributed by atoms with E-state index in [1.165, 1.54) is 83.5 Å². The second-order valence-electron chi connectivity index (χ2n) is 16.2. The van der Waals surface area contributed by atoms with Crippen molar-refractivity contribution in [2.24, 2.45) is 0 Å². The molecular formula is C50H87NO8. The van der Waals surface area contributed by atoms with Gasteiger partial charge in [0.1, 0.15) is 24.4 Å². The minimum atomic E-state index is -1.58. The Hall–Kier alpha value is -2.37. The van der Waals surface area contributed by atoms with Gasteiger partial charge in [0.2, 0.25) is 5.91 Å². The van der Waals surface area contributed by atoms with Crippen LogP contribution >= 0.6 is 0 Å². The molecule has 0 spiro atoms. The third kappa shape index (κ3) is 30.3. The summed E-state index contributed by atoms with van der Waals surface area (Å²) in [7, 11) is 0. The molecule has 0 aromatic carbocycles. The summed E-state index contributed by atoms with van der Waals surface area (Å²) in [6.07, 6.45) is 46.6. The lowest BCUT2D eigenvalue weighted by atomic mass is 9.99. The molecule has 9 nitrogen and oxygen atoms in total. The van der Waals surface area contributed by atoms with Crippen LogP contribution in [0.2, 0.25) is 0 Å². The molecule has 1 rings (SSSR count). The van der Waals surface area contributed by atoms with Crippen molar-refractivity contribution in [2.45, 2.75) is 224 Å². The number of amides is 1. The highest BCUT2D eigenvalue weighted by Gasteiger charge is 2.44. The van der Waals surface area contributed by atoms with Crippen LogP contribution < -0.4 is 5.32 Å². The third-order valence-electron chi connectivity index (χ3n) is 10.7. The number of hydrogen-bond donors (Lipinski definition) is 6. The Labute approximate surface area is 359 Å². The van der Waals surface area contributed by atoms with Gasteiger partial charge in [-0.25, -0.2) is 0 Å². The van der Waals surface area contributed by atoms with Gasteiger partial charge in [0, 0.05) is 6.42 Å². The molecular weight excluding hydrogens is 743 g/mol. The van der Waals surface area contributed by atoms with Crippen molar-refractivity contribution in [3.63, 3.8) is 0 Å². The predicted octanol–water partition coefficient (Wildman–Crippen LogP) is 10.2. The number of hydrogen-bond acceptors (Lipinski definition) is 8. The molecule has 0 aromatic rings. The number of carbonyl (C=O) groups is 1. The Morgan fingerprint density at radius 1 is 0.576 bits per heavy atom. The van der Waals surface area contributed by atoms with Crippen molar-refractivity contribution in [3.05, 3.63) is 72.9 Å². The summed E-state index contributed by atoms with van der Waals surface area (Å²) in [6.45, 7) is 3.68. The summed E-state index contributed by atoms with van der Waals surface area (Å²) in [4.78, 5) is 13.0. The normalized spacial score (nSPS) is 21.4. The average Bonchev–Trinajstić information content (AvgIpc) is 3.23. The lowest BCUT2D eigenvalue weighted by molar-refractivity contribution is -0.302. The van der Waals surface area contributed by atoms with Crippen LogP contribution in [0.3, 0.4) is 0 Å². The minimum absolute atomic E-state index is 0.203. The molecule has 9 heteroatoms. The third-order valence-corrected chi connectivity index (χ3v) is 10.7. The van der Waals surface area contributed by atoms with Crippen LogP contribution in [0.4, 0.5) is 0 Å². The first-order chi connectivity index (χ1) is 28.8. The van der Waals surface area contributed by atoms with Gasteiger partial charge < -0.3 is 40.3 Å². The lowest BCUT2D eigenvalue weighted by Gasteiger charge is -2.40. The molecule has 7 unspecified atom stereocenters. The number of aliphatic hydroxyl groups is 5. The van der Waals surface area contributed by atoms with Gasteiger partial charge in [0.15, 0.2) is 6.29 Å². The summed E-state index contributed by atoms with van der Waals surface area (Å²) < 4.78 is 11.2. The molecule has 0 radical (unpaired) electrons. The van der Waals surface area contributed by atoms with Gasteiger partial charge in [0.25, 0.3) is 0 Å². The van der Waals surface area contributed by atoms with Crippen LogP contribution in [0.5, 0.6) is 0 Å². The molecule has 7 atom stereocenters. The van der Waals surface area contributed by atoms with Crippen molar-refractivity contribution in [3.8, 4) is 0 Å². The smallest absolute Gasteiger partial charge is 0.220 e. The maximum Gasteiger partial charge on any atom is 0.220 e. The second kappa shape index (κ2) is 39.7. The van der Waals surface area contributed by atoms with Gasteiger partial charge in [-0.05, 0) is 83.5 Å². The van der Waals surface area contributed by atoms with E-state index in [1.54, 1.807) is 6.08 Å². The second-order valence-corrected chi connectivity index (χ2v) is 16.2. The van der Waals surface area contributed by atoms with E-state index in [2.05, 4.69) is 79.9 Å². The predicted molar refractivity (Wildman–Crippen MR) is 244 cm³/mol. The Morgan fingerprint density at radius 3 is 1.58 bits per heavy atom. The van der Waals surface area contributed by atoms with Crippen molar-refractivity contribution < 1.29 is 39.8 Å². The standard InChI is InChI=1S/C50H87NO8/c1-3-5-7-9-11-13-15-17-18-19-20-21-22-23-24-25-26-28-30-32-34-36-38-40-46(54)51-43(42-58-50-49(57)48(56)47(55)45(41-52)59-50)44(53)39-37-35-33-31-29-27-16-14-12-10-8-6-4-2/h12,14-15,17,19-20,22-23,29,31,37,39,43-45,47-50,52-53,55-57H,3-11,13,16,18,21,24-28,30,32-36,38,40-42H2,1-2H3,(H,51,54)/b14-12+,17-15-,20-19-,23-22-,31-29+,39-37+. The molecule has 1 heterocycles. The van der Waals surface area contributed by atoms with E-state index >= 15 is 0 Å². The Bertz CT molecular complexity index is 1150. The first-order valence-electron chi connectivity index (χ1n) is 23.7. The summed E-state index contributed by atoms with van der Waals surface area (Å²) in [5, 5.41) is 54.1. The largest absolute Gasteiger partial charge is 0.394 e. The quantitative estimate of drug-likeness (QED) is 0.0266. The van der Waals surface area contributed by atoms with Crippen molar-refractivity contribution in [1.82, 2.24) is 5.32 Å². The van der Waals surface area contributed by atoms with Gasteiger partial charge in [-0.1, -0.05) is 164 Å². The van der Waals surface area contributed by atoms with Gasteiger partial charge in [0.05, 0.1) is 25.4 Å². The maximum atomic E-state index is 13.0. The number of allylic oxidation sites excluding steroid dienone is 11. The first kappa shape index (κ1) is 54.6. The highest BCUT2D eigenvalue weighted by atomic mass is 16.7. The molecule has 1 aliphatic rings. The van der Waals surface area contributed by atoms with Crippen LogP contribution in [0.15, 0.2) is 72.9 Å². The molecule has 340 valence electrons. The fraction of sp³-hybridized carbons (Fsp3) is 0.740. The summed E-state index contributed by atoms with van der Waals surface area (Å²) in [5.41, 5.74) is 0. The van der Waals surface area contributed by atoms with Crippen molar-refractivity contribution in [2.75, 3.05) is 13.2 Å². The summed E-state index contributed by atoms with van der Waals surface area (Å²) >= 11 is 0. The molecule has 0 bridgehead atoms. The highest BCUT2D eigenvalue weighted by molar-refractivity contribution is 5.76. The van der Waals surface area contributed by atoms with Crippen LogP contribution in [0.25, 0.3) is 0 Å². The lowest BCUT2D eigenvalue weighted by Crippen LogP contribution is -2.60. The van der Waals surface area contributed by atoms with Crippen LogP contribution in [0, 0.1) is 0 Å². The molecule has 1 aliphatic heterocycles. The zero-order valence-electron chi connectivity index (χ0n) is 37.2. The van der Waals surface area contributed by atoms with Gasteiger partial charge >= 0.3 is 0 Å². The van der Waals surface area contributed by atoms with Crippen molar-refractivity contribution >= 4 is 5.91 Å². The monoisotopic (exact) mass is 830 g/mol. The molecule has 1 amide bonds. The number of nitrogens with one attached hydrogen (secondary N) is 1. The summed E-state index contributed by atoms with van der Waals surface area (Å²) in [5.74, 6) is -0.203. The highest BCUT2D eigenvalue weighted by Crippen LogP contribution is 2.22. The molecule has 0 aromatic heterocycles. The molecule has 1 saturated heterocycles. The fourth-order valence-corrected chi connectivity index (χ4v) is 6.90. The number of ether oxygens (including phenoxy) is 2. The average molecular weight is 830 g/mol. The van der Waals surface area contributed by atoms with E-state index in [4.69, 9.17) is 9.47 Å². The van der Waals surface area contributed by atoms with E-state index in [0.717, 1.165) is 77.0 Å². The summed E-state index contributed by atoms with van der Waals surface area (Å²) in [6, 6.07) is -0.834. The molecule has 6 N–H and O–H groups in total. The molecule has 0 aliphatic carbocycles. The molecule has 1 fully saturated rings. The Morgan fingerprint density at radius 2 is 1.02 bits per heavy atom.